The SMILES string of the molecule is CCCCc1c(-c2cc3ccc2CCc2ccc(cc2)CC3)[c+]1CCCC. The number of rotatable bonds is 7. The molecule has 0 unspecified atom stereocenters. The van der Waals surface area contributed by atoms with Gasteiger partial charge in [-0.3, -0.25) is 0 Å². The molecule has 27 heavy (non-hydrogen) atoms. The highest BCUT2D eigenvalue weighted by Crippen LogP contribution is 2.44. The van der Waals surface area contributed by atoms with E-state index >= 15 is 0 Å². The van der Waals surface area contributed by atoms with E-state index in [4.69, 9.17) is 0 Å². The molecule has 0 aliphatic heterocycles. The first-order valence-corrected chi connectivity index (χ1v) is 11.1. The molecule has 3 aromatic rings. The highest BCUT2D eigenvalue weighted by Gasteiger charge is 2.39. The van der Waals surface area contributed by atoms with Gasteiger partial charge < -0.3 is 0 Å². The minimum Gasteiger partial charge on any atom is -0.0653 e. The fraction of sp³-hybridized carbons (Fsp3) is 0.444. The maximum atomic E-state index is 2.53. The summed E-state index contributed by atoms with van der Waals surface area (Å²) < 4.78 is 0. The Kier molecular flexibility index (Phi) is 5.72. The molecule has 4 aliphatic rings. The van der Waals surface area contributed by atoms with Gasteiger partial charge in [0.2, 0.25) is 0 Å². The van der Waals surface area contributed by atoms with Crippen LogP contribution in [-0.2, 0) is 38.5 Å². The smallest absolute Gasteiger partial charge is 0.0653 e. The maximum Gasteiger partial charge on any atom is 0.187 e. The molecule has 0 fully saturated rings. The van der Waals surface area contributed by atoms with Gasteiger partial charge in [-0.2, -0.15) is 0 Å². The molecular formula is C27H33+. The van der Waals surface area contributed by atoms with Crippen LogP contribution in [0.5, 0.6) is 0 Å². The van der Waals surface area contributed by atoms with Crippen LogP contribution in [0.1, 0.15) is 72.9 Å². The van der Waals surface area contributed by atoms with Gasteiger partial charge in [0.05, 0.1) is 0 Å². The summed E-state index contributed by atoms with van der Waals surface area (Å²) >= 11 is 0. The molecule has 0 saturated heterocycles. The molecule has 7 rings (SSSR count). The lowest BCUT2D eigenvalue weighted by molar-refractivity contribution is 0.782. The number of aryl methyl sites for hydroxylation is 4. The summed E-state index contributed by atoms with van der Waals surface area (Å²) in [5.41, 5.74) is 12.6. The maximum absolute atomic E-state index is 2.53. The van der Waals surface area contributed by atoms with E-state index in [1.807, 2.05) is 0 Å². The van der Waals surface area contributed by atoms with E-state index in [0.717, 1.165) is 25.7 Å². The van der Waals surface area contributed by atoms with Gasteiger partial charge in [-0.05, 0) is 61.3 Å². The summed E-state index contributed by atoms with van der Waals surface area (Å²) in [7, 11) is 0. The van der Waals surface area contributed by atoms with Crippen LogP contribution in [-0.4, -0.2) is 0 Å². The van der Waals surface area contributed by atoms with Crippen LogP contribution in [0.3, 0.4) is 0 Å². The third kappa shape index (κ3) is 4.15. The molecule has 0 aromatic heterocycles. The van der Waals surface area contributed by atoms with Gasteiger partial charge >= 0.3 is 0 Å². The summed E-state index contributed by atoms with van der Waals surface area (Å²) in [4.78, 5) is 0. The second-order valence-corrected chi connectivity index (χ2v) is 8.35. The van der Waals surface area contributed by atoms with Crippen LogP contribution in [0.25, 0.3) is 11.1 Å². The molecule has 4 bridgehead atoms. The average Bonchev–Trinajstić information content (AvgIpc) is 3.39. The lowest BCUT2D eigenvalue weighted by Gasteiger charge is -2.10. The summed E-state index contributed by atoms with van der Waals surface area (Å²) in [5, 5.41) is 0. The molecular weight excluding hydrogens is 324 g/mol. The van der Waals surface area contributed by atoms with Crippen LogP contribution >= 0.6 is 0 Å². The second kappa shape index (κ2) is 8.38. The van der Waals surface area contributed by atoms with Gasteiger partial charge in [-0.25, -0.2) is 0 Å². The summed E-state index contributed by atoms with van der Waals surface area (Å²) in [6.07, 6.45) is 12.4. The van der Waals surface area contributed by atoms with E-state index in [2.05, 4.69) is 56.3 Å². The van der Waals surface area contributed by atoms with E-state index in [9.17, 15) is 0 Å². The molecule has 0 heteroatoms. The Bertz CT molecular complexity index is 826. The van der Waals surface area contributed by atoms with Crippen LogP contribution < -0.4 is 0 Å². The minimum absolute atomic E-state index is 1.15. The van der Waals surface area contributed by atoms with Gasteiger partial charge in [0, 0.05) is 24.5 Å². The van der Waals surface area contributed by atoms with E-state index < -0.39 is 0 Å². The summed E-state index contributed by atoms with van der Waals surface area (Å²) in [6.45, 7) is 4.62. The number of hydrogen-bond donors (Lipinski definition) is 0. The Labute approximate surface area is 165 Å². The predicted octanol–water partition coefficient (Wildman–Crippen LogP) is 7.08. The van der Waals surface area contributed by atoms with Crippen molar-refractivity contribution in [1.29, 1.82) is 0 Å². The van der Waals surface area contributed by atoms with Crippen molar-refractivity contribution < 1.29 is 0 Å². The molecule has 0 nitrogen and oxygen atoms in total. The fourth-order valence-electron chi connectivity index (χ4n) is 4.52. The zero-order chi connectivity index (χ0) is 18.6. The standard InChI is InChI=1S/C27H33/c1-3-5-7-24-25(8-6-4-2)27(24)26-19-22-14-13-20-9-11-21(12-10-20)15-17-23(26)18-16-22/h9-12,16,18-19H,3-8,13-15,17H2,1-2H3/q+1. The lowest BCUT2D eigenvalue weighted by atomic mass is 9.92. The van der Waals surface area contributed by atoms with Crippen molar-refractivity contribution in [2.75, 3.05) is 0 Å². The van der Waals surface area contributed by atoms with Crippen molar-refractivity contribution in [3.63, 3.8) is 0 Å². The normalized spacial score (nSPS) is 13.9. The van der Waals surface area contributed by atoms with Crippen LogP contribution in [0.2, 0.25) is 0 Å². The Morgan fingerprint density at radius 3 is 2.07 bits per heavy atom. The molecule has 140 valence electrons. The Balaban J connectivity index is 1.67. The van der Waals surface area contributed by atoms with Crippen LogP contribution in [0.15, 0.2) is 42.5 Å². The predicted molar refractivity (Wildman–Crippen MR) is 117 cm³/mol. The largest absolute Gasteiger partial charge is 0.187 e. The minimum atomic E-state index is 1.15. The topological polar surface area (TPSA) is 0 Å². The van der Waals surface area contributed by atoms with Crippen molar-refractivity contribution in [3.05, 3.63) is 75.8 Å². The summed E-state index contributed by atoms with van der Waals surface area (Å²) in [5.74, 6) is 0. The third-order valence-electron chi connectivity index (χ3n) is 6.32. The fourth-order valence-corrected chi connectivity index (χ4v) is 4.52. The van der Waals surface area contributed by atoms with Gasteiger partial charge in [0.15, 0.2) is 5.56 Å². The van der Waals surface area contributed by atoms with Crippen molar-refractivity contribution in [2.24, 2.45) is 0 Å². The van der Waals surface area contributed by atoms with Crippen LogP contribution in [0, 0.1) is 0 Å². The molecule has 4 aliphatic carbocycles. The zero-order valence-corrected chi connectivity index (χ0v) is 17.1. The Hall–Kier alpha value is -1.95. The monoisotopic (exact) mass is 357 g/mol. The molecule has 0 atom stereocenters. The number of benzene rings is 2. The quantitative estimate of drug-likeness (QED) is 0.396. The van der Waals surface area contributed by atoms with Gasteiger partial charge in [0.25, 0.3) is 0 Å². The molecule has 0 amide bonds. The Morgan fingerprint density at radius 1 is 0.741 bits per heavy atom. The van der Waals surface area contributed by atoms with Gasteiger partial charge in [-0.15, -0.1) is 0 Å². The average molecular weight is 358 g/mol. The van der Waals surface area contributed by atoms with Crippen molar-refractivity contribution in [3.8, 4) is 11.1 Å². The molecule has 0 saturated carbocycles. The summed E-state index contributed by atoms with van der Waals surface area (Å²) in [6, 6.07) is 16.7. The van der Waals surface area contributed by atoms with E-state index in [1.54, 1.807) is 27.8 Å². The second-order valence-electron chi connectivity index (χ2n) is 8.35. The zero-order valence-electron chi connectivity index (χ0n) is 17.1. The van der Waals surface area contributed by atoms with Gasteiger partial charge in [0.1, 0.15) is 16.7 Å². The first-order chi connectivity index (χ1) is 13.3. The third-order valence-corrected chi connectivity index (χ3v) is 6.32. The van der Waals surface area contributed by atoms with Crippen molar-refractivity contribution >= 4 is 0 Å². The highest BCUT2D eigenvalue weighted by atomic mass is 14.3. The molecule has 0 radical (unpaired) electrons. The first kappa shape index (κ1) is 18.4. The van der Waals surface area contributed by atoms with Crippen molar-refractivity contribution in [1.82, 2.24) is 0 Å². The number of unbranched alkanes of at least 4 members (excludes halogenated alkanes) is 2. The van der Waals surface area contributed by atoms with E-state index in [-0.39, 0.29) is 0 Å². The molecule has 3 aromatic carbocycles. The molecule has 0 heterocycles. The first-order valence-electron chi connectivity index (χ1n) is 11.1. The molecule has 0 spiro atoms. The van der Waals surface area contributed by atoms with E-state index in [0.29, 0.717) is 0 Å². The van der Waals surface area contributed by atoms with Crippen LogP contribution in [0.4, 0.5) is 0 Å². The van der Waals surface area contributed by atoms with Crippen molar-refractivity contribution in [2.45, 2.75) is 78.1 Å². The van der Waals surface area contributed by atoms with Gasteiger partial charge in [-0.1, -0.05) is 57.0 Å². The lowest BCUT2D eigenvalue weighted by Crippen LogP contribution is -1.99. The molecule has 0 N–H and O–H groups in total. The Morgan fingerprint density at radius 2 is 1.37 bits per heavy atom. The number of hydrogen-bond acceptors (Lipinski definition) is 0. The van der Waals surface area contributed by atoms with E-state index in [1.165, 1.54) is 55.2 Å². The highest BCUT2D eigenvalue weighted by molar-refractivity contribution is 5.85.